The molecule has 0 bridgehead atoms. The highest BCUT2D eigenvalue weighted by atomic mass is 16.6. The first-order valence-electron chi connectivity index (χ1n) is 14.2. The lowest BCUT2D eigenvalue weighted by Gasteiger charge is -2.07. The Morgan fingerprint density at radius 3 is 1.03 bits per heavy atom. The highest BCUT2D eigenvalue weighted by molar-refractivity contribution is 5.91. The minimum absolute atomic E-state index is 0.257. The number of hydrogen-bond acceptors (Lipinski definition) is 4. The second-order valence-corrected chi connectivity index (χ2v) is 10.6. The average Bonchev–Trinajstić information content (AvgIpc) is 2.75. The molecule has 0 aromatic rings. The molecule has 0 unspecified atom stereocenters. The third kappa shape index (κ3) is 27.1. The minimum Gasteiger partial charge on any atom is -0.465 e. The first-order chi connectivity index (χ1) is 15.9. The maximum absolute atomic E-state index is 11.7. The van der Waals surface area contributed by atoms with Crippen LogP contribution in [0.1, 0.15) is 150 Å². The summed E-state index contributed by atoms with van der Waals surface area (Å²) < 4.78 is 10.3. The third-order valence-corrected chi connectivity index (χ3v) is 6.17. The Bertz CT molecular complexity index is 405. The Hall–Kier alpha value is -1.06. The molecule has 0 amide bonds. The molecule has 0 aliphatic heterocycles. The molecule has 0 radical (unpaired) electrons. The zero-order valence-electron chi connectivity index (χ0n) is 22.6. The molecule has 0 heterocycles. The van der Waals surface area contributed by atoms with E-state index in [1.807, 2.05) is 0 Å². The Labute approximate surface area is 206 Å². The van der Waals surface area contributed by atoms with E-state index in [1.165, 1.54) is 89.9 Å². The van der Waals surface area contributed by atoms with Crippen LogP contribution in [0.4, 0.5) is 0 Å². The van der Waals surface area contributed by atoms with Gasteiger partial charge in [-0.1, -0.05) is 130 Å². The average molecular weight is 469 g/mol. The van der Waals surface area contributed by atoms with E-state index in [2.05, 4.69) is 27.7 Å². The number of carbonyl (C=O) groups excluding carboxylic acids is 2. The predicted octanol–water partition coefficient (Wildman–Crippen LogP) is 8.80. The molecule has 4 heteroatoms. The van der Waals surface area contributed by atoms with Crippen LogP contribution in [0.25, 0.3) is 0 Å². The predicted molar refractivity (Wildman–Crippen MR) is 139 cm³/mol. The van der Waals surface area contributed by atoms with E-state index in [4.69, 9.17) is 9.47 Å². The topological polar surface area (TPSA) is 52.6 Å². The summed E-state index contributed by atoms with van der Waals surface area (Å²) in [6.07, 6.45) is 22.0. The molecule has 0 rings (SSSR count). The number of hydrogen-bond donors (Lipinski definition) is 0. The molecular formula is C29H56O4. The quantitative estimate of drug-likeness (QED) is 0.0806. The van der Waals surface area contributed by atoms with Gasteiger partial charge in [0.15, 0.2) is 0 Å². The Balaban J connectivity index is 3.33. The molecular weight excluding hydrogens is 412 g/mol. The van der Waals surface area contributed by atoms with Crippen LogP contribution in [0, 0.1) is 11.8 Å². The summed E-state index contributed by atoms with van der Waals surface area (Å²) in [5, 5.41) is 0. The van der Waals surface area contributed by atoms with Crippen LogP contribution in [-0.2, 0) is 19.1 Å². The van der Waals surface area contributed by atoms with Crippen molar-refractivity contribution < 1.29 is 19.1 Å². The van der Waals surface area contributed by atoms with Gasteiger partial charge in [-0.2, -0.15) is 0 Å². The molecule has 0 spiro atoms. The van der Waals surface area contributed by atoms with Crippen molar-refractivity contribution in [1.82, 2.24) is 0 Å². The Morgan fingerprint density at radius 1 is 0.455 bits per heavy atom. The fraction of sp³-hybridized carbons (Fsp3) is 0.931. The number of rotatable bonds is 24. The van der Waals surface area contributed by atoms with Crippen LogP contribution < -0.4 is 0 Å². The molecule has 0 aromatic heterocycles. The third-order valence-electron chi connectivity index (χ3n) is 6.17. The Kier molecular flexibility index (Phi) is 23.3. The number of ether oxygens (including phenoxy) is 2. The van der Waals surface area contributed by atoms with Crippen molar-refractivity contribution in [3.8, 4) is 0 Å². The first kappa shape index (κ1) is 31.9. The molecule has 0 fully saturated rings. The van der Waals surface area contributed by atoms with Gasteiger partial charge in [-0.05, 0) is 24.7 Å². The number of carbonyl (C=O) groups is 2. The van der Waals surface area contributed by atoms with Gasteiger partial charge in [0.2, 0.25) is 0 Å². The summed E-state index contributed by atoms with van der Waals surface area (Å²) in [5.41, 5.74) is 0. The molecule has 4 nitrogen and oxygen atoms in total. The normalized spacial score (nSPS) is 11.3. The second kappa shape index (κ2) is 24.1. The fourth-order valence-corrected chi connectivity index (χ4v) is 4.02. The second-order valence-electron chi connectivity index (χ2n) is 10.6. The van der Waals surface area contributed by atoms with Crippen LogP contribution in [0.5, 0.6) is 0 Å². The van der Waals surface area contributed by atoms with E-state index < -0.39 is 11.9 Å². The summed E-state index contributed by atoms with van der Waals surface area (Å²) >= 11 is 0. The first-order valence-corrected chi connectivity index (χ1v) is 14.2. The van der Waals surface area contributed by atoms with Crippen LogP contribution in [-0.4, -0.2) is 25.2 Å². The van der Waals surface area contributed by atoms with Crippen LogP contribution in [0.3, 0.4) is 0 Å². The Morgan fingerprint density at radius 2 is 0.727 bits per heavy atom. The standard InChI is InChI=1S/C29H56O4/c1-26(2)21-17-13-9-5-7-11-15-19-23-32-28(30)25-29(31)33-24-20-16-12-8-6-10-14-18-22-27(3)4/h26-27H,5-25H2,1-4H3. The minimum atomic E-state index is -0.456. The van der Waals surface area contributed by atoms with Gasteiger partial charge < -0.3 is 9.47 Å². The van der Waals surface area contributed by atoms with Crippen molar-refractivity contribution in [2.24, 2.45) is 11.8 Å². The summed E-state index contributed by atoms with van der Waals surface area (Å²) in [7, 11) is 0. The van der Waals surface area contributed by atoms with Gasteiger partial charge in [0.1, 0.15) is 6.42 Å². The van der Waals surface area contributed by atoms with Crippen molar-refractivity contribution in [2.75, 3.05) is 13.2 Å². The van der Waals surface area contributed by atoms with E-state index in [0.29, 0.717) is 13.2 Å². The van der Waals surface area contributed by atoms with Gasteiger partial charge in [0.25, 0.3) is 0 Å². The van der Waals surface area contributed by atoms with Crippen LogP contribution in [0.15, 0.2) is 0 Å². The molecule has 196 valence electrons. The van der Waals surface area contributed by atoms with Gasteiger partial charge >= 0.3 is 11.9 Å². The maximum Gasteiger partial charge on any atom is 0.317 e. The zero-order valence-corrected chi connectivity index (χ0v) is 22.6. The van der Waals surface area contributed by atoms with Crippen LogP contribution >= 0.6 is 0 Å². The molecule has 0 aliphatic carbocycles. The molecule has 0 saturated heterocycles. The fourth-order valence-electron chi connectivity index (χ4n) is 4.02. The smallest absolute Gasteiger partial charge is 0.317 e. The lowest BCUT2D eigenvalue weighted by atomic mass is 10.0. The van der Waals surface area contributed by atoms with E-state index in [-0.39, 0.29) is 6.42 Å². The van der Waals surface area contributed by atoms with E-state index in [1.54, 1.807) is 0 Å². The van der Waals surface area contributed by atoms with Gasteiger partial charge in [0, 0.05) is 0 Å². The van der Waals surface area contributed by atoms with Crippen molar-refractivity contribution in [1.29, 1.82) is 0 Å². The van der Waals surface area contributed by atoms with Crippen molar-refractivity contribution in [3.63, 3.8) is 0 Å². The van der Waals surface area contributed by atoms with Gasteiger partial charge in [-0.3, -0.25) is 9.59 Å². The van der Waals surface area contributed by atoms with Gasteiger partial charge in [-0.25, -0.2) is 0 Å². The van der Waals surface area contributed by atoms with E-state index in [0.717, 1.165) is 37.5 Å². The largest absolute Gasteiger partial charge is 0.465 e. The number of unbranched alkanes of at least 4 members (excludes halogenated alkanes) is 14. The summed E-state index contributed by atoms with van der Waals surface area (Å²) in [5.74, 6) is 0.733. The highest BCUT2D eigenvalue weighted by Crippen LogP contribution is 2.14. The highest BCUT2D eigenvalue weighted by Gasteiger charge is 2.11. The lowest BCUT2D eigenvalue weighted by molar-refractivity contribution is -0.154. The number of esters is 2. The van der Waals surface area contributed by atoms with Crippen LogP contribution in [0.2, 0.25) is 0 Å². The molecule has 33 heavy (non-hydrogen) atoms. The zero-order chi connectivity index (χ0) is 24.6. The lowest BCUT2D eigenvalue weighted by Crippen LogP contribution is -2.15. The molecule has 0 aliphatic rings. The molecule has 0 saturated carbocycles. The van der Waals surface area contributed by atoms with E-state index >= 15 is 0 Å². The summed E-state index contributed by atoms with van der Waals surface area (Å²) in [6.45, 7) is 9.98. The monoisotopic (exact) mass is 468 g/mol. The van der Waals surface area contributed by atoms with Crippen molar-refractivity contribution >= 4 is 11.9 Å². The SMILES string of the molecule is CC(C)CCCCCCCCCCOC(=O)CC(=O)OCCCCCCCCCCC(C)C. The van der Waals surface area contributed by atoms with Gasteiger partial charge in [-0.15, -0.1) is 0 Å². The summed E-state index contributed by atoms with van der Waals surface area (Å²) in [4.78, 5) is 23.5. The van der Waals surface area contributed by atoms with E-state index in [9.17, 15) is 9.59 Å². The maximum atomic E-state index is 11.7. The molecule has 0 atom stereocenters. The molecule has 0 N–H and O–H groups in total. The molecule has 0 aromatic carbocycles. The van der Waals surface area contributed by atoms with Gasteiger partial charge in [0.05, 0.1) is 13.2 Å². The van der Waals surface area contributed by atoms with Crippen molar-refractivity contribution in [3.05, 3.63) is 0 Å². The summed E-state index contributed by atoms with van der Waals surface area (Å²) in [6, 6.07) is 0. The van der Waals surface area contributed by atoms with Crippen molar-refractivity contribution in [2.45, 2.75) is 150 Å².